The first-order valence-corrected chi connectivity index (χ1v) is 16.7. The minimum atomic E-state index is -0.457. The Labute approximate surface area is 269 Å². The zero-order valence-corrected chi connectivity index (χ0v) is 27.0. The number of fused-ring (bicyclic) bond motifs is 1. The summed E-state index contributed by atoms with van der Waals surface area (Å²) in [5, 5.41) is 15.3. The number of ether oxygens (including phenoxy) is 1. The zero-order valence-electron chi connectivity index (χ0n) is 27.0. The summed E-state index contributed by atoms with van der Waals surface area (Å²) < 4.78 is 22.8. The van der Waals surface area contributed by atoms with E-state index in [1.807, 2.05) is 25.3 Å². The van der Waals surface area contributed by atoms with E-state index in [1.165, 1.54) is 20.0 Å². The minimum Gasteiger partial charge on any atom is -0.453 e. The maximum Gasteiger partial charge on any atom is 0.406 e. The molecule has 2 aliphatic rings. The summed E-state index contributed by atoms with van der Waals surface area (Å²) in [4.78, 5) is 25.2. The first-order valence-electron chi connectivity index (χ1n) is 16.7. The number of halogens is 1. The van der Waals surface area contributed by atoms with Crippen molar-refractivity contribution in [3.05, 3.63) is 71.9 Å². The highest BCUT2D eigenvalue weighted by Crippen LogP contribution is 2.43. The van der Waals surface area contributed by atoms with E-state index in [0.717, 1.165) is 59.9 Å². The summed E-state index contributed by atoms with van der Waals surface area (Å²) in [7, 11) is 3.11. The number of hydrogen-bond donors (Lipinski definition) is 2. The quantitative estimate of drug-likeness (QED) is 0.162. The molecule has 6 rings (SSSR count). The summed E-state index contributed by atoms with van der Waals surface area (Å²) in [6.45, 7) is 2.51. The molecule has 2 atom stereocenters. The first kappa shape index (κ1) is 31.8. The van der Waals surface area contributed by atoms with Crippen molar-refractivity contribution in [2.75, 3.05) is 13.7 Å². The highest BCUT2D eigenvalue weighted by Gasteiger charge is 2.32. The second-order valence-corrected chi connectivity index (χ2v) is 13.0. The molecule has 2 saturated carbocycles. The van der Waals surface area contributed by atoms with Gasteiger partial charge in [0.1, 0.15) is 0 Å². The molecule has 2 unspecified atom stereocenters. The fourth-order valence-corrected chi connectivity index (χ4v) is 7.09. The molecule has 0 bridgehead atoms. The lowest BCUT2D eigenvalue weighted by Gasteiger charge is -2.35. The van der Waals surface area contributed by atoms with Crippen molar-refractivity contribution in [3.8, 4) is 11.1 Å². The molecule has 2 aromatic carbocycles. The number of aromatic nitrogens is 4. The molecule has 2 N–H and O–H groups in total. The molecule has 46 heavy (non-hydrogen) atoms. The van der Waals surface area contributed by atoms with Gasteiger partial charge >= 0.3 is 6.09 Å². The van der Waals surface area contributed by atoms with Gasteiger partial charge in [0.25, 0.3) is 0 Å². The van der Waals surface area contributed by atoms with Crippen molar-refractivity contribution in [3.63, 3.8) is 0 Å². The third-order valence-electron chi connectivity index (χ3n) is 9.99. The maximum atomic E-state index is 14.5. The van der Waals surface area contributed by atoms with Gasteiger partial charge in [-0.25, -0.2) is 4.79 Å². The predicted molar refractivity (Wildman–Crippen MR) is 176 cm³/mol. The molecular formula is C36H45FN6O3. The van der Waals surface area contributed by atoms with Crippen molar-refractivity contribution in [2.45, 2.75) is 82.7 Å². The van der Waals surface area contributed by atoms with Crippen LogP contribution in [-0.2, 0) is 16.6 Å². The number of nitrogens with one attached hydrogen (secondary N) is 2. The van der Waals surface area contributed by atoms with Crippen LogP contribution in [0, 0.1) is 17.8 Å². The van der Waals surface area contributed by atoms with Crippen molar-refractivity contribution in [2.24, 2.45) is 18.9 Å². The van der Waals surface area contributed by atoms with Gasteiger partial charge in [-0.15, -0.1) is 5.10 Å². The highest BCUT2D eigenvalue weighted by molar-refractivity contribution is 5.80. The largest absolute Gasteiger partial charge is 0.453 e. The van der Waals surface area contributed by atoms with Gasteiger partial charge in [-0.1, -0.05) is 31.2 Å². The van der Waals surface area contributed by atoms with E-state index in [2.05, 4.69) is 66.8 Å². The van der Waals surface area contributed by atoms with Crippen LogP contribution in [0.4, 0.5) is 9.18 Å². The van der Waals surface area contributed by atoms with Crippen LogP contribution < -0.4 is 10.6 Å². The van der Waals surface area contributed by atoms with E-state index in [1.54, 1.807) is 11.7 Å². The molecule has 2 aliphatic carbocycles. The number of nitrogens with zero attached hydrogens (tertiary/aromatic N) is 4. The number of aryl methyl sites for hydroxylation is 1. The van der Waals surface area contributed by atoms with Crippen molar-refractivity contribution in [1.29, 1.82) is 0 Å². The molecule has 2 heterocycles. The van der Waals surface area contributed by atoms with E-state index in [4.69, 9.17) is 0 Å². The number of rotatable bonds is 12. The van der Waals surface area contributed by atoms with Crippen molar-refractivity contribution < 1.29 is 18.7 Å². The standard InChI is InChI=1S/C36H45FN6O3/c1-4-23(9-6-18-38-36(45)46-3)35(44)40-33(28-8-5-7-26(19-28)29-21-39-43(22-29)30-15-16-30)25-12-10-24(11-13-25)27-14-17-32-31(20-27)34(37)41-42(32)2/h5,7-8,14,17,19-25,30,33H,4,6,9-13,15-16,18H2,1-3H3,(H,38,45)(H,40,44). The monoisotopic (exact) mass is 628 g/mol. The van der Waals surface area contributed by atoms with Crippen LogP contribution in [0.15, 0.2) is 54.9 Å². The Bertz CT molecular complexity index is 1670. The molecule has 2 amide bonds. The van der Waals surface area contributed by atoms with E-state index >= 15 is 0 Å². The second kappa shape index (κ2) is 14.1. The molecular weight excluding hydrogens is 583 g/mol. The summed E-state index contributed by atoms with van der Waals surface area (Å²) in [6.07, 6.45) is 11.9. The lowest BCUT2D eigenvalue weighted by molar-refractivity contribution is -0.126. The zero-order chi connectivity index (χ0) is 32.2. The lowest BCUT2D eigenvalue weighted by atomic mass is 9.74. The van der Waals surface area contributed by atoms with E-state index in [0.29, 0.717) is 36.7 Å². The molecule has 2 aromatic heterocycles. The van der Waals surface area contributed by atoms with Crippen molar-refractivity contribution >= 4 is 22.9 Å². The van der Waals surface area contributed by atoms with Crippen LogP contribution in [0.3, 0.4) is 0 Å². The average molecular weight is 629 g/mol. The minimum absolute atomic E-state index is 0.0529. The van der Waals surface area contributed by atoms with Crippen LogP contribution in [0.2, 0.25) is 0 Å². The number of carbonyl (C=O) groups is 2. The van der Waals surface area contributed by atoms with Crippen molar-refractivity contribution in [1.82, 2.24) is 30.2 Å². The SMILES string of the molecule is CCC(CCCNC(=O)OC)C(=O)NC(c1cccc(-c2cnn(C3CC3)c2)c1)C1CCC(c2ccc3c(c2)c(F)nn3C)CC1. The Hall–Kier alpha value is -4.21. The number of methoxy groups -OCH3 is 1. The summed E-state index contributed by atoms with van der Waals surface area (Å²) in [6, 6.07) is 15.0. The van der Waals surface area contributed by atoms with Gasteiger partial charge in [-0.3, -0.25) is 14.2 Å². The summed E-state index contributed by atoms with van der Waals surface area (Å²) in [5.74, 6) is 0.0744. The van der Waals surface area contributed by atoms with Crippen LogP contribution in [0.5, 0.6) is 0 Å². The molecule has 10 heteroatoms. The Morgan fingerprint density at radius 2 is 1.87 bits per heavy atom. The summed E-state index contributed by atoms with van der Waals surface area (Å²) in [5.41, 5.74) is 5.25. The van der Waals surface area contributed by atoms with Gasteiger partial charge in [0, 0.05) is 31.3 Å². The number of amides is 2. The van der Waals surface area contributed by atoms with Gasteiger partial charge in [0.05, 0.1) is 36.3 Å². The second-order valence-electron chi connectivity index (χ2n) is 13.0. The third-order valence-corrected chi connectivity index (χ3v) is 9.99. The van der Waals surface area contributed by atoms with Crippen LogP contribution in [0.1, 0.15) is 93.8 Å². The van der Waals surface area contributed by atoms with E-state index in [-0.39, 0.29) is 23.8 Å². The molecule has 244 valence electrons. The highest BCUT2D eigenvalue weighted by atomic mass is 19.1. The number of alkyl carbamates (subject to hydrolysis) is 1. The molecule has 9 nitrogen and oxygen atoms in total. The molecule has 0 aliphatic heterocycles. The lowest BCUT2D eigenvalue weighted by Crippen LogP contribution is -2.38. The van der Waals surface area contributed by atoms with Gasteiger partial charge in [0.2, 0.25) is 11.9 Å². The first-order chi connectivity index (χ1) is 22.3. The van der Waals surface area contributed by atoms with Crippen LogP contribution >= 0.6 is 0 Å². The fourth-order valence-electron chi connectivity index (χ4n) is 7.09. The van der Waals surface area contributed by atoms with E-state index in [9.17, 15) is 14.0 Å². The molecule has 0 spiro atoms. The van der Waals surface area contributed by atoms with Gasteiger partial charge in [-0.2, -0.15) is 9.49 Å². The number of carbonyl (C=O) groups excluding carboxylic acids is 2. The topological polar surface area (TPSA) is 103 Å². The Kier molecular flexibility index (Phi) is 9.70. The third kappa shape index (κ3) is 7.11. The average Bonchev–Trinajstić information content (AvgIpc) is 3.74. The fraction of sp³-hybridized carbons (Fsp3) is 0.500. The van der Waals surface area contributed by atoms with E-state index < -0.39 is 12.0 Å². The molecule has 0 saturated heterocycles. The normalized spacial score (nSPS) is 19.5. The number of benzene rings is 2. The van der Waals surface area contributed by atoms with Crippen LogP contribution in [0.25, 0.3) is 22.0 Å². The molecule has 2 fully saturated rings. The Morgan fingerprint density at radius 3 is 2.61 bits per heavy atom. The molecule has 4 aromatic rings. The van der Waals surface area contributed by atoms with Crippen LogP contribution in [-0.4, -0.2) is 45.2 Å². The summed E-state index contributed by atoms with van der Waals surface area (Å²) >= 11 is 0. The van der Waals surface area contributed by atoms with Gasteiger partial charge < -0.3 is 15.4 Å². The number of hydrogen-bond acceptors (Lipinski definition) is 5. The predicted octanol–water partition coefficient (Wildman–Crippen LogP) is 7.20. The Balaban J connectivity index is 1.19. The smallest absolute Gasteiger partial charge is 0.406 e. The molecule has 0 radical (unpaired) electrons. The van der Waals surface area contributed by atoms with Gasteiger partial charge in [-0.05, 0) is 105 Å². The Morgan fingerprint density at radius 1 is 1.07 bits per heavy atom. The van der Waals surface area contributed by atoms with Gasteiger partial charge in [0.15, 0.2) is 0 Å². The maximum absolute atomic E-state index is 14.5.